The Balaban J connectivity index is 1.91. The smallest absolute Gasteiger partial charge is 0.171 e. The summed E-state index contributed by atoms with van der Waals surface area (Å²) in [4.78, 5) is 12.3. The van der Waals surface area contributed by atoms with Gasteiger partial charge in [0.1, 0.15) is 5.82 Å². The van der Waals surface area contributed by atoms with Gasteiger partial charge in [0, 0.05) is 12.6 Å². The summed E-state index contributed by atoms with van der Waals surface area (Å²) in [7, 11) is 0. The number of ketones is 1. The molecule has 0 unspecified atom stereocenters. The maximum atomic E-state index is 13.4. The van der Waals surface area contributed by atoms with Gasteiger partial charge in [-0.25, -0.2) is 8.91 Å². The van der Waals surface area contributed by atoms with Crippen molar-refractivity contribution in [2.45, 2.75) is 6.42 Å². The van der Waals surface area contributed by atoms with Crippen LogP contribution in [-0.2, 0) is 6.42 Å². The molecule has 0 spiro atoms. The van der Waals surface area contributed by atoms with Gasteiger partial charge in [0.2, 0.25) is 0 Å². The molecule has 0 aliphatic heterocycles. The first-order valence-corrected chi connectivity index (χ1v) is 6.42. The first kappa shape index (κ1) is 12.8. The number of nitrogens with zero attached hydrogens (tertiary/aromatic N) is 2. The van der Waals surface area contributed by atoms with Crippen molar-refractivity contribution >= 4 is 22.9 Å². The van der Waals surface area contributed by atoms with Crippen molar-refractivity contribution < 1.29 is 9.18 Å². The van der Waals surface area contributed by atoms with Crippen LogP contribution >= 0.6 is 11.6 Å². The van der Waals surface area contributed by atoms with Gasteiger partial charge >= 0.3 is 0 Å². The minimum absolute atomic E-state index is 0.0529. The minimum atomic E-state index is -0.517. The van der Waals surface area contributed by atoms with Gasteiger partial charge < -0.3 is 0 Å². The number of halogens is 2. The Morgan fingerprint density at radius 2 is 2.15 bits per heavy atom. The number of hydrogen-bond acceptors (Lipinski definition) is 2. The van der Waals surface area contributed by atoms with Crippen LogP contribution < -0.4 is 0 Å². The lowest BCUT2D eigenvalue weighted by molar-refractivity contribution is 0.0994. The molecule has 100 valence electrons. The summed E-state index contributed by atoms with van der Waals surface area (Å²) in [6, 6.07) is 9.89. The Morgan fingerprint density at radius 1 is 1.30 bits per heavy atom. The van der Waals surface area contributed by atoms with Crippen LogP contribution in [-0.4, -0.2) is 15.4 Å². The van der Waals surface area contributed by atoms with Gasteiger partial charge in [0.25, 0.3) is 0 Å². The van der Waals surface area contributed by atoms with Crippen molar-refractivity contribution in [2.24, 2.45) is 0 Å². The second-order valence-corrected chi connectivity index (χ2v) is 4.84. The zero-order valence-corrected chi connectivity index (χ0v) is 11.1. The molecule has 3 rings (SSSR count). The van der Waals surface area contributed by atoms with E-state index < -0.39 is 5.82 Å². The summed E-state index contributed by atoms with van der Waals surface area (Å²) >= 11 is 5.62. The number of fused-ring (bicyclic) bond motifs is 1. The summed E-state index contributed by atoms with van der Waals surface area (Å²) in [5.41, 5.74) is 1.86. The maximum Gasteiger partial charge on any atom is 0.171 e. The minimum Gasteiger partial charge on any atom is -0.294 e. The fourth-order valence-corrected chi connectivity index (χ4v) is 2.20. The van der Waals surface area contributed by atoms with Crippen molar-refractivity contribution in [3.8, 4) is 0 Å². The average molecular weight is 289 g/mol. The molecule has 0 radical (unpaired) electrons. The first-order chi connectivity index (χ1) is 9.65. The lowest BCUT2D eigenvalue weighted by atomic mass is 10.0. The third kappa shape index (κ3) is 2.30. The molecular weight excluding hydrogens is 279 g/mol. The van der Waals surface area contributed by atoms with E-state index in [2.05, 4.69) is 5.10 Å². The maximum absolute atomic E-state index is 13.4. The zero-order valence-electron chi connectivity index (χ0n) is 10.4. The monoisotopic (exact) mass is 288 g/mol. The predicted octanol–water partition coefficient (Wildman–Crippen LogP) is 3.55. The van der Waals surface area contributed by atoms with Crippen molar-refractivity contribution in [1.82, 2.24) is 9.61 Å². The number of hydrogen-bond donors (Lipinski definition) is 0. The highest BCUT2D eigenvalue weighted by atomic mass is 35.5. The van der Waals surface area contributed by atoms with Gasteiger partial charge in [0.15, 0.2) is 5.78 Å². The molecule has 1 aromatic carbocycles. The summed E-state index contributed by atoms with van der Waals surface area (Å²) < 4.78 is 15.0. The van der Waals surface area contributed by atoms with Crippen LogP contribution in [0.15, 0.2) is 48.8 Å². The van der Waals surface area contributed by atoms with Crippen molar-refractivity contribution in [3.63, 3.8) is 0 Å². The van der Waals surface area contributed by atoms with Crippen molar-refractivity contribution in [1.29, 1.82) is 0 Å². The molecule has 0 aliphatic rings. The quantitative estimate of drug-likeness (QED) is 0.691. The average Bonchev–Trinajstić information content (AvgIpc) is 2.87. The van der Waals surface area contributed by atoms with Gasteiger partial charge in [0.05, 0.1) is 22.3 Å². The molecule has 5 heteroatoms. The molecule has 0 saturated heterocycles. The molecule has 0 saturated carbocycles. The topological polar surface area (TPSA) is 34.4 Å². The Hall–Kier alpha value is -2.20. The van der Waals surface area contributed by atoms with E-state index in [9.17, 15) is 9.18 Å². The van der Waals surface area contributed by atoms with Gasteiger partial charge in [-0.05, 0) is 29.8 Å². The van der Waals surface area contributed by atoms with Gasteiger partial charge in [-0.3, -0.25) is 4.79 Å². The second kappa shape index (κ2) is 5.06. The van der Waals surface area contributed by atoms with E-state index in [1.165, 1.54) is 18.3 Å². The molecule has 2 aromatic heterocycles. The molecule has 0 fully saturated rings. The fourth-order valence-electron chi connectivity index (χ4n) is 2.08. The number of aromatic nitrogens is 2. The standard InChI is InChI=1S/C15H10ClFN2O/c16-12-5-4-10(7-13(12)17)8-15(20)11-9-18-19-6-2-1-3-14(11)19/h1-7,9H,8H2. The van der Waals surface area contributed by atoms with Crippen LogP contribution in [0.3, 0.4) is 0 Å². The molecule has 0 N–H and O–H groups in total. The van der Waals surface area contributed by atoms with E-state index in [-0.39, 0.29) is 17.2 Å². The summed E-state index contributed by atoms with van der Waals surface area (Å²) in [5.74, 6) is -0.621. The van der Waals surface area contributed by atoms with E-state index in [1.807, 2.05) is 18.2 Å². The number of carbonyl (C=O) groups is 1. The molecule has 3 aromatic rings. The summed E-state index contributed by atoms with van der Waals surface area (Å²) in [5, 5.41) is 4.17. The molecule has 0 aliphatic carbocycles. The molecule has 20 heavy (non-hydrogen) atoms. The molecule has 0 bridgehead atoms. The number of carbonyl (C=O) groups excluding carboxylic acids is 1. The van der Waals surface area contributed by atoms with Crippen LogP contribution in [0.5, 0.6) is 0 Å². The zero-order chi connectivity index (χ0) is 14.1. The van der Waals surface area contributed by atoms with Gasteiger partial charge in [-0.1, -0.05) is 23.7 Å². The van der Waals surface area contributed by atoms with Gasteiger partial charge in [-0.15, -0.1) is 0 Å². The van der Waals surface area contributed by atoms with Crippen molar-refractivity contribution in [3.05, 3.63) is 70.8 Å². The highest BCUT2D eigenvalue weighted by Gasteiger charge is 2.13. The molecular formula is C15H10ClFN2O. The SMILES string of the molecule is O=C(Cc1ccc(Cl)c(F)c1)c1cnn2ccccc12. The third-order valence-electron chi connectivity index (χ3n) is 3.08. The Labute approximate surface area is 119 Å². The van der Waals surface area contributed by atoms with E-state index >= 15 is 0 Å². The van der Waals surface area contributed by atoms with Crippen LogP contribution in [0.25, 0.3) is 5.52 Å². The summed E-state index contributed by atoms with van der Waals surface area (Å²) in [6.07, 6.45) is 3.42. The van der Waals surface area contributed by atoms with Crippen LogP contribution in [0, 0.1) is 5.82 Å². The molecule has 0 amide bonds. The number of benzene rings is 1. The second-order valence-electron chi connectivity index (χ2n) is 4.44. The van der Waals surface area contributed by atoms with E-state index in [4.69, 9.17) is 11.6 Å². The summed E-state index contributed by atoms with van der Waals surface area (Å²) in [6.45, 7) is 0. The van der Waals surface area contributed by atoms with Gasteiger partial charge in [-0.2, -0.15) is 5.10 Å². The molecule has 2 heterocycles. The van der Waals surface area contributed by atoms with Crippen LogP contribution in [0.4, 0.5) is 4.39 Å². The van der Waals surface area contributed by atoms with Crippen LogP contribution in [0.2, 0.25) is 5.02 Å². The normalized spacial score (nSPS) is 10.9. The van der Waals surface area contributed by atoms with E-state index in [0.29, 0.717) is 11.1 Å². The largest absolute Gasteiger partial charge is 0.294 e. The Kier molecular flexibility index (Phi) is 3.24. The molecule has 3 nitrogen and oxygen atoms in total. The number of pyridine rings is 1. The van der Waals surface area contributed by atoms with Crippen LogP contribution in [0.1, 0.15) is 15.9 Å². The first-order valence-electron chi connectivity index (χ1n) is 6.04. The highest BCUT2D eigenvalue weighted by molar-refractivity contribution is 6.30. The highest BCUT2D eigenvalue weighted by Crippen LogP contribution is 2.18. The van der Waals surface area contributed by atoms with E-state index in [0.717, 1.165) is 5.52 Å². The predicted molar refractivity (Wildman–Crippen MR) is 74.6 cm³/mol. The molecule has 0 atom stereocenters. The van der Waals surface area contributed by atoms with Crippen molar-refractivity contribution in [2.75, 3.05) is 0 Å². The lowest BCUT2D eigenvalue weighted by Crippen LogP contribution is -2.03. The van der Waals surface area contributed by atoms with E-state index in [1.54, 1.807) is 16.8 Å². The lowest BCUT2D eigenvalue weighted by Gasteiger charge is -2.02. The number of Topliss-reactive ketones (excluding diaryl/α,β-unsaturated/α-hetero) is 1. The fraction of sp³-hybridized carbons (Fsp3) is 0.0667. The number of rotatable bonds is 3. The Morgan fingerprint density at radius 3 is 2.95 bits per heavy atom. The Bertz CT molecular complexity index is 797. The third-order valence-corrected chi connectivity index (χ3v) is 3.38.